The van der Waals surface area contributed by atoms with E-state index in [2.05, 4.69) is 5.32 Å². The van der Waals surface area contributed by atoms with Crippen molar-refractivity contribution in [2.75, 3.05) is 33.9 Å². The summed E-state index contributed by atoms with van der Waals surface area (Å²) in [5.74, 6) is 2.24. The Morgan fingerprint density at radius 2 is 1.85 bits per heavy atom. The van der Waals surface area contributed by atoms with Crippen LogP contribution in [0.3, 0.4) is 0 Å². The highest BCUT2D eigenvalue weighted by Gasteiger charge is 2.07. The van der Waals surface area contributed by atoms with Crippen molar-refractivity contribution in [3.8, 4) is 17.2 Å². The van der Waals surface area contributed by atoms with E-state index in [-0.39, 0.29) is 20.4 Å². The number of nitrogens with one attached hydrogen (secondary N) is 1. The molecule has 0 radical (unpaired) electrons. The number of halogens is 1. The summed E-state index contributed by atoms with van der Waals surface area (Å²) in [6.45, 7) is 3.53. The highest BCUT2D eigenvalue weighted by atomic mass is 35.5. The lowest BCUT2D eigenvalue weighted by molar-refractivity contribution is -0.00000757. The third-order valence-electron chi connectivity index (χ3n) is 3.85. The second kappa shape index (κ2) is 11.6. The average Bonchev–Trinajstić information content (AvgIpc) is 2.63. The van der Waals surface area contributed by atoms with Crippen LogP contribution in [0.1, 0.15) is 12.6 Å². The average molecular weight is 382 g/mol. The third-order valence-corrected chi connectivity index (χ3v) is 3.85. The van der Waals surface area contributed by atoms with Gasteiger partial charge in [0.05, 0.1) is 14.2 Å². The van der Waals surface area contributed by atoms with Crippen molar-refractivity contribution in [3.63, 3.8) is 0 Å². The number of aliphatic hydroxyl groups excluding tert-OH is 1. The van der Waals surface area contributed by atoms with Crippen LogP contribution < -0.4 is 31.9 Å². The number of hydrogen-bond acceptors (Lipinski definition) is 5. The van der Waals surface area contributed by atoms with Gasteiger partial charge in [-0.2, -0.15) is 0 Å². The predicted octanol–water partition coefficient (Wildman–Crippen LogP) is -0.299. The number of benzene rings is 2. The molecule has 0 saturated carbocycles. The molecule has 2 rings (SSSR count). The van der Waals surface area contributed by atoms with Crippen LogP contribution in [0, 0.1) is 6.92 Å². The molecule has 6 heteroatoms. The Hall–Kier alpha value is -1.95. The van der Waals surface area contributed by atoms with E-state index in [1.54, 1.807) is 14.2 Å². The van der Waals surface area contributed by atoms with E-state index < -0.39 is 6.10 Å². The minimum Gasteiger partial charge on any atom is -1.00 e. The van der Waals surface area contributed by atoms with Gasteiger partial charge >= 0.3 is 1.43 Å². The molecule has 0 aliphatic heterocycles. The Labute approximate surface area is 163 Å². The van der Waals surface area contributed by atoms with Crippen molar-refractivity contribution < 1.29 is 33.2 Å². The molecule has 0 heterocycles. The van der Waals surface area contributed by atoms with Gasteiger partial charge in [-0.05, 0) is 55.3 Å². The lowest BCUT2D eigenvalue weighted by atomic mass is 10.1. The summed E-state index contributed by atoms with van der Waals surface area (Å²) >= 11 is 0. The van der Waals surface area contributed by atoms with Gasteiger partial charge in [0.15, 0.2) is 11.5 Å². The topological polar surface area (TPSA) is 60.0 Å². The van der Waals surface area contributed by atoms with E-state index in [1.807, 2.05) is 49.4 Å². The molecule has 2 N–H and O–H groups in total. The highest BCUT2D eigenvalue weighted by molar-refractivity contribution is 5.42. The summed E-state index contributed by atoms with van der Waals surface area (Å²) in [5, 5.41) is 13.2. The Morgan fingerprint density at radius 3 is 2.54 bits per heavy atom. The largest absolute Gasteiger partial charge is 1.00 e. The number of hydrogen-bond donors (Lipinski definition) is 2. The van der Waals surface area contributed by atoms with Crippen molar-refractivity contribution in [2.45, 2.75) is 19.4 Å². The Balaban J connectivity index is 0.00000338. The van der Waals surface area contributed by atoms with Crippen LogP contribution in [-0.2, 0) is 6.42 Å². The number of aliphatic hydroxyl groups is 1. The maximum absolute atomic E-state index is 10.0. The van der Waals surface area contributed by atoms with Gasteiger partial charge in [-0.15, -0.1) is 0 Å². The first-order valence-electron chi connectivity index (χ1n) is 8.41. The summed E-state index contributed by atoms with van der Waals surface area (Å²) in [4.78, 5) is 0. The fraction of sp³-hybridized carbons (Fsp3) is 0.400. The van der Waals surface area contributed by atoms with Gasteiger partial charge < -0.3 is 37.0 Å². The molecule has 0 spiro atoms. The maximum Gasteiger partial charge on any atom is 1.00 e. The van der Waals surface area contributed by atoms with Crippen molar-refractivity contribution in [3.05, 3.63) is 53.6 Å². The van der Waals surface area contributed by atoms with Gasteiger partial charge in [-0.25, -0.2) is 0 Å². The SMILES string of the molecule is COc1ccc(CCNCC(O)COc2cccc(C)c2)cc1OC.[Cl-].[H+]. The molecule has 0 aliphatic carbocycles. The number of ether oxygens (including phenoxy) is 3. The van der Waals surface area contributed by atoms with Crippen LogP contribution >= 0.6 is 0 Å². The van der Waals surface area contributed by atoms with E-state index in [1.165, 1.54) is 0 Å². The van der Waals surface area contributed by atoms with Gasteiger partial charge in [-0.3, -0.25) is 0 Å². The summed E-state index contributed by atoms with van der Waals surface area (Å²) in [6.07, 6.45) is 0.289. The molecule has 0 aromatic heterocycles. The molecule has 0 fully saturated rings. The fourth-order valence-electron chi connectivity index (χ4n) is 2.49. The first-order valence-corrected chi connectivity index (χ1v) is 8.41. The monoisotopic (exact) mass is 381 g/mol. The van der Waals surface area contributed by atoms with Crippen LogP contribution in [-0.4, -0.2) is 45.1 Å². The second-order valence-corrected chi connectivity index (χ2v) is 5.92. The van der Waals surface area contributed by atoms with E-state index in [4.69, 9.17) is 14.2 Å². The van der Waals surface area contributed by atoms with Crippen LogP contribution in [0.5, 0.6) is 17.2 Å². The Morgan fingerprint density at radius 1 is 1.08 bits per heavy atom. The first-order chi connectivity index (χ1) is 12.1. The van der Waals surface area contributed by atoms with Crippen molar-refractivity contribution in [1.29, 1.82) is 0 Å². The van der Waals surface area contributed by atoms with Gasteiger partial charge in [0, 0.05) is 6.54 Å². The fourth-order valence-corrected chi connectivity index (χ4v) is 2.49. The zero-order valence-electron chi connectivity index (χ0n) is 16.5. The van der Waals surface area contributed by atoms with Crippen LogP contribution in [0.2, 0.25) is 0 Å². The van der Waals surface area contributed by atoms with Gasteiger partial charge in [0.1, 0.15) is 18.5 Å². The molecule has 144 valence electrons. The quantitative estimate of drug-likeness (QED) is 0.553. The summed E-state index contributed by atoms with van der Waals surface area (Å²) in [5.41, 5.74) is 2.29. The molecule has 0 aliphatic rings. The summed E-state index contributed by atoms with van der Waals surface area (Å²) in [6, 6.07) is 13.7. The molecule has 0 amide bonds. The van der Waals surface area contributed by atoms with Gasteiger partial charge in [0.25, 0.3) is 0 Å². The van der Waals surface area contributed by atoms with Crippen LogP contribution in [0.4, 0.5) is 0 Å². The molecule has 1 unspecified atom stereocenters. The number of rotatable bonds is 10. The van der Waals surface area contributed by atoms with E-state index in [0.29, 0.717) is 6.54 Å². The lowest BCUT2D eigenvalue weighted by Crippen LogP contribution is -3.00. The molecular formula is C20H28ClNO4. The minimum atomic E-state index is -0.550. The van der Waals surface area contributed by atoms with Crippen LogP contribution in [0.25, 0.3) is 0 Å². The molecule has 2 aromatic carbocycles. The van der Waals surface area contributed by atoms with E-state index in [9.17, 15) is 5.11 Å². The summed E-state index contributed by atoms with van der Waals surface area (Å²) in [7, 11) is 3.25. The Kier molecular flexibility index (Phi) is 9.88. The smallest absolute Gasteiger partial charge is 1.00 e. The molecule has 2 aromatic rings. The van der Waals surface area contributed by atoms with Crippen molar-refractivity contribution in [2.24, 2.45) is 0 Å². The lowest BCUT2D eigenvalue weighted by Gasteiger charge is -2.14. The third kappa shape index (κ3) is 7.12. The predicted molar refractivity (Wildman–Crippen MR) is 99.9 cm³/mol. The molecule has 0 bridgehead atoms. The zero-order chi connectivity index (χ0) is 18.1. The number of aryl methyl sites for hydroxylation is 1. The van der Waals surface area contributed by atoms with E-state index in [0.717, 1.165) is 41.3 Å². The number of methoxy groups -OCH3 is 2. The molecule has 5 nitrogen and oxygen atoms in total. The minimum absolute atomic E-state index is 0. The Bertz CT molecular complexity index is 672. The van der Waals surface area contributed by atoms with Crippen molar-refractivity contribution in [1.82, 2.24) is 5.32 Å². The molecule has 1 atom stereocenters. The standard InChI is InChI=1S/C20H27NO4.ClH/c1-15-5-4-6-18(11-15)25-14-17(22)13-21-10-9-16-7-8-19(23-2)20(12-16)24-3;/h4-8,11-12,17,21-22H,9-10,13-14H2,1-3H3;1H. The normalized spacial score (nSPS) is 11.4. The van der Waals surface area contributed by atoms with Crippen molar-refractivity contribution >= 4 is 0 Å². The molecule has 26 heavy (non-hydrogen) atoms. The molecular weight excluding hydrogens is 354 g/mol. The maximum atomic E-state index is 10.0. The van der Waals surface area contributed by atoms with E-state index >= 15 is 0 Å². The zero-order valence-corrected chi connectivity index (χ0v) is 16.3. The molecule has 0 saturated heterocycles. The van der Waals surface area contributed by atoms with Crippen LogP contribution in [0.15, 0.2) is 42.5 Å². The first kappa shape index (κ1) is 22.1. The highest BCUT2D eigenvalue weighted by Crippen LogP contribution is 2.27. The second-order valence-electron chi connectivity index (χ2n) is 5.92. The van der Waals surface area contributed by atoms with Gasteiger partial charge in [0.2, 0.25) is 0 Å². The summed E-state index contributed by atoms with van der Waals surface area (Å²) < 4.78 is 16.1. The van der Waals surface area contributed by atoms with Gasteiger partial charge in [-0.1, -0.05) is 18.2 Å².